The molecular weight excluding hydrogens is 270 g/mol. The average Bonchev–Trinajstić information content (AvgIpc) is 3.22. The third kappa shape index (κ3) is 2.93. The highest BCUT2D eigenvalue weighted by atomic mass is 32.2. The smallest absolute Gasteiger partial charge is 0.233 e. The van der Waals surface area contributed by atoms with Crippen LogP contribution < -0.4 is 5.32 Å². The van der Waals surface area contributed by atoms with E-state index in [1.165, 1.54) is 11.8 Å². The summed E-state index contributed by atoms with van der Waals surface area (Å²) in [5, 5.41) is 4.78. The molecule has 0 spiro atoms. The molecule has 0 bridgehead atoms. The number of amides is 1. The quantitative estimate of drug-likeness (QED) is 0.694. The Morgan fingerprint density at radius 2 is 2.10 bits per heavy atom. The molecule has 0 radical (unpaired) electrons. The number of para-hydroxylation sites is 1. The van der Waals surface area contributed by atoms with Crippen LogP contribution in [0.3, 0.4) is 0 Å². The Labute approximate surface area is 122 Å². The molecular formula is C15H17N3OS. The van der Waals surface area contributed by atoms with Gasteiger partial charge in [-0.3, -0.25) is 4.79 Å². The number of nitrogens with one attached hydrogen (secondary N) is 1. The summed E-state index contributed by atoms with van der Waals surface area (Å²) in [6.45, 7) is 3.81. The molecule has 2 aromatic rings. The van der Waals surface area contributed by atoms with Crippen molar-refractivity contribution in [2.75, 3.05) is 0 Å². The van der Waals surface area contributed by atoms with Gasteiger partial charge in [-0.1, -0.05) is 30.0 Å². The zero-order chi connectivity index (χ0) is 14.1. The zero-order valence-electron chi connectivity index (χ0n) is 11.6. The van der Waals surface area contributed by atoms with Gasteiger partial charge in [0.2, 0.25) is 5.91 Å². The Morgan fingerprint density at radius 1 is 1.35 bits per heavy atom. The number of aryl methyl sites for hydroxylation is 1. The highest BCUT2D eigenvalue weighted by molar-refractivity contribution is 8.00. The van der Waals surface area contributed by atoms with Gasteiger partial charge in [-0.25, -0.2) is 9.97 Å². The number of hydrogen-bond acceptors (Lipinski definition) is 4. The predicted octanol–water partition coefficient (Wildman–Crippen LogP) is 2.70. The lowest BCUT2D eigenvalue weighted by molar-refractivity contribution is -0.120. The van der Waals surface area contributed by atoms with Crippen LogP contribution in [0.15, 0.2) is 29.3 Å². The van der Waals surface area contributed by atoms with Gasteiger partial charge in [0, 0.05) is 11.4 Å². The van der Waals surface area contributed by atoms with Gasteiger partial charge in [0.1, 0.15) is 10.9 Å². The second-order valence-corrected chi connectivity index (χ2v) is 6.47. The summed E-state index contributed by atoms with van der Waals surface area (Å²) < 4.78 is 0. The first-order valence-corrected chi connectivity index (χ1v) is 7.72. The SMILES string of the molecule is Cc1nc(S[C@H](C)C(=O)NC2CC2)c2ccccc2n1. The normalized spacial score (nSPS) is 16.1. The fourth-order valence-corrected chi connectivity index (χ4v) is 3.01. The number of benzene rings is 1. The van der Waals surface area contributed by atoms with Crippen molar-refractivity contribution in [3.8, 4) is 0 Å². The molecule has 1 atom stereocenters. The lowest BCUT2D eigenvalue weighted by Crippen LogP contribution is -2.32. The Kier molecular flexibility index (Phi) is 3.61. The minimum atomic E-state index is -0.145. The highest BCUT2D eigenvalue weighted by Gasteiger charge is 2.26. The molecule has 1 fully saturated rings. The molecule has 3 rings (SSSR count). The molecule has 1 aromatic heterocycles. The molecule has 1 N–H and O–H groups in total. The van der Waals surface area contributed by atoms with E-state index in [2.05, 4.69) is 15.3 Å². The molecule has 0 aliphatic heterocycles. The molecule has 20 heavy (non-hydrogen) atoms. The Hall–Kier alpha value is -1.62. The summed E-state index contributed by atoms with van der Waals surface area (Å²) in [6, 6.07) is 8.31. The monoisotopic (exact) mass is 287 g/mol. The van der Waals surface area contributed by atoms with Crippen LogP contribution >= 0.6 is 11.8 Å². The molecule has 0 saturated heterocycles. The van der Waals surface area contributed by atoms with Crippen LogP contribution in [-0.4, -0.2) is 27.2 Å². The third-order valence-corrected chi connectivity index (χ3v) is 4.36. The van der Waals surface area contributed by atoms with E-state index >= 15 is 0 Å². The van der Waals surface area contributed by atoms with Gasteiger partial charge in [-0.05, 0) is 32.8 Å². The maximum Gasteiger partial charge on any atom is 0.233 e. The summed E-state index contributed by atoms with van der Waals surface area (Å²) in [4.78, 5) is 21.0. The molecule has 1 aliphatic rings. The number of aromatic nitrogens is 2. The highest BCUT2D eigenvalue weighted by Crippen LogP contribution is 2.29. The van der Waals surface area contributed by atoms with Gasteiger partial charge in [-0.2, -0.15) is 0 Å². The first kappa shape index (κ1) is 13.4. The maximum atomic E-state index is 12.0. The van der Waals surface area contributed by atoms with Gasteiger partial charge >= 0.3 is 0 Å². The summed E-state index contributed by atoms with van der Waals surface area (Å²) in [7, 11) is 0. The van der Waals surface area contributed by atoms with Crippen molar-refractivity contribution >= 4 is 28.6 Å². The van der Waals surface area contributed by atoms with Crippen LogP contribution in [0.2, 0.25) is 0 Å². The standard InChI is InChI=1S/C15H17N3OS/c1-9(14(19)18-11-7-8-11)20-15-12-5-3-4-6-13(12)16-10(2)17-15/h3-6,9,11H,7-8H2,1-2H3,(H,18,19)/t9-/m1/s1. The van der Waals surface area contributed by atoms with Crippen molar-refractivity contribution in [3.63, 3.8) is 0 Å². The van der Waals surface area contributed by atoms with Gasteiger partial charge < -0.3 is 5.32 Å². The Morgan fingerprint density at radius 3 is 2.85 bits per heavy atom. The van der Waals surface area contributed by atoms with Crippen LogP contribution in [0.4, 0.5) is 0 Å². The second-order valence-electron chi connectivity index (χ2n) is 5.14. The second kappa shape index (κ2) is 5.40. The minimum absolute atomic E-state index is 0.0952. The maximum absolute atomic E-state index is 12.0. The molecule has 4 nitrogen and oxygen atoms in total. The Bertz CT molecular complexity index is 655. The number of nitrogens with zero attached hydrogens (tertiary/aromatic N) is 2. The summed E-state index contributed by atoms with van der Waals surface area (Å²) in [5.41, 5.74) is 0.928. The summed E-state index contributed by atoms with van der Waals surface area (Å²) >= 11 is 1.50. The molecule has 104 valence electrons. The van der Waals surface area contributed by atoms with Crippen molar-refractivity contribution in [2.45, 2.75) is 43.0 Å². The first-order chi connectivity index (χ1) is 9.63. The van der Waals surface area contributed by atoms with Crippen LogP contribution in [-0.2, 0) is 4.79 Å². The molecule has 1 aliphatic carbocycles. The fraction of sp³-hybridized carbons (Fsp3) is 0.400. The number of carbonyl (C=O) groups excluding carboxylic acids is 1. The molecule has 1 amide bonds. The van der Waals surface area contributed by atoms with Gasteiger partial charge in [0.15, 0.2) is 0 Å². The fourth-order valence-electron chi connectivity index (χ4n) is 2.02. The Balaban J connectivity index is 1.83. The number of thioether (sulfide) groups is 1. The van der Waals surface area contributed by atoms with Crippen LogP contribution in [0.5, 0.6) is 0 Å². The van der Waals surface area contributed by atoms with Crippen molar-refractivity contribution in [1.82, 2.24) is 15.3 Å². The van der Waals surface area contributed by atoms with E-state index in [1.807, 2.05) is 38.1 Å². The van der Waals surface area contributed by atoms with Crippen LogP contribution in [0.25, 0.3) is 10.9 Å². The molecule has 5 heteroatoms. The van der Waals surface area contributed by atoms with Crippen molar-refractivity contribution in [2.24, 2.45) is 0 Å². The molecule has 1 saturated carbocycles. The van der Waals surface area contributed by atoms with Gasteiger partial charge in [0.25, 0.3) is 0 Å². The van der Waals surface area contributed by atoms with Gasteiger partial charge in [0.05, 0.1) is 10.8 Å². The third-order valence-electron chi connectivity index (χ3n) is 3.26. The molecule has 1 heterocycles. The van der Waals surface area contributed by atoms with E-state index in [9.17, 15) is 4.79 Å². The van der Waals surface area contributed by atoms with Crippen molar-refractivity contribution < 1.29 is 4.79 Å². The van der Waals surface area contributed by atoms with E-state index in [1.54, 1.807) is 0 Å². The number of rotatable bonds is 4. The van der Waals surface area contributed by atoms with E-state index in [0.29, 0.717) is 6.04 Å². The zero-order valence-corrected chi connectivity index (χ0v) is 12.4. The summed E-state index contributed by atoms with van der Waals surface area (Å²) in [5.74, 6) is 0.832. The van der Waals surface area contributed by atoms with E-state index in [-0.39, 0.29) is 11.2 Å². The minimum Gasteiger partial charge on any atom is -0.352 e. The number of fused-ring (bicyclic) bond motifs is 1. The van der Waals surface area contributed by atoms with Crippen LogP contribution in [0.1, 0.15) is 25.6 Å². The predicted molar refractivity (Wildman–Crippen MR) is 80.8 cm³/mol. The van der Waals surface area contributed by atoms with Crippen molar-refractivity contribution in [3.05, 3.63) is 30.1 Å². The number of carbonyl (C=O) groups is 1. The van der Waals surface area contributed by atoms with E-state index < -0.39 is 0 Å². The van der Waals surface area contributed by atoms with Crippen LogP contribution in [0, 0.1) is 6.92 Å². The largest absolute Gasteiger partial charge is 0.352 e. The lowest BCUT2D eigenvalue weighted by atomic mass is 10.2. The average molecular weight is 287 g/mol. The van der Waals surface area contributed by atoms with Crippen molar-refractivity contribution in [1.29, 1.82) is 0 Å². The van der Waals surface area contributed by atoms with E-state index in [4.69, 9.17) is 0 Å². The molecule has 0 unspecified atom stereocenters. The summed E-state index contributed by atoms with van der Waals surface area (Å²) in [6.07, 6.45) is 2.22. The number of hydrogen-bond donors (Lipinski definition) is 1. The van der Waals surface area contributed by atoms with Gasteiger partial charge in [-0.15, -0.1) is 0 Å². The van der Waals surface area contributed by atoms with E-state index in [0.717, 1.165) is 34.6 Å². The topological polar surface area (TPSA) is 54.9 Å². The molecule has 1 aromatic carbocycles. The first-order valence-electron chi connectivity index (χ1n) is 6.84. The lowest BCUT2D eigenvalue weighted by Gasteiger charge is -2.12.